The van der Waals surface area contributed by atoms with Crippen LogP contribution in [-0.4, -0.2) is 35.2 Å². The number of ether oxygens (including phenoxy) is 2. The monoisotopic (exact) mass is 479 g/mol. The highest BCUT2D eigenvalue weighted by atomic mass is 32.2. The summed E-state index contributed by atoms with van der Waals surface area (Å²) in [6.07, 6.45) is 0. The Hall–Kier alpha value is -4.05. The molecule has 0 aromatic heterocycles. The van der Waals surface area contributed by atoms with Gasteiger partial charge in [0.05, 0.1) is 10.2 Å². The van der Waals surface area contributed by atoms with Crippen molar-refractivity contribution in [2.45, 2.75) is 17.1 Å². The standard InChI is InChI=1S/C24H21N3O6S/c1-15(23(28)26-18-7-10-21-22(14-18)33-12-11-32-21)34-20-8-5-17(6-9-20)25-24(29)16-3-2-4-19(13-16)27(30)31/h2-10,13-15H,11-12H2,1H3,(H,25,29)(H,26,28). The Kier molecular flexibility index (Phi) is 6.98. The summed E-state index contributed by atoms with van der Waals surface area (Å²) in [5, 5.41) is 16.1. The molecule has 34 heavy (non-hydrogen) atoms. The maximum atomic E-state index is 12.6. The lowest BCUT2D eigenvalue weighted by molar-refractivity contribution is -0.384. The number of hydrogen-bond acceptors (Lipinski definition) is 7. The Balaban J connectivity index is 1.33. The normalized spacial score (nSPS) is 13.0. The number of amides is 2. The van der Waals surface area contributed by atoms with Gasteiger partial charge in [0.25, 0.3) is 11.6 Å². The van der Waals surface area contributed by atoms with Crippen molar-refractivity contribution < 1.29 is 24.0 Å². The number of carbonyl (C=O) groups excluding carboxylic acids is 2. The Bertz CT molecular complexity index is 1230. The van der Waals surface area contributed by atoms with Crippen molar-refractivity contribution in [1.82, 2.24) is 0 Å². The van der Waals surface area contributed by atoms with Crippen molar-refractivity contribution in [3.63, 3.8) is 0 Å². The SMILES string of the molecule is CC(Sc1ccc(NC(=O)c2cccc([N+](=O)[O-])c2)cc1)C(=O)Nc1ccc2c(c1)OCCO2. The maximum absolute atomic E-state index is 12.6. The van der Waals surface area contributed by atoms with Gasteiger partial charge in [0.2, 0.25) is 5.91 Å². The van der Waals surface area contributed by atoms with E-state index in [0.717, 1.165) is 4.90 Å². The van der Waals surface area contributed by atoms with Crippen LogP contribution in [0.2, 0.25) is 0 Å². The highest BCUT2D eigenvalue weighted by Gasteiger charge is 2.17. The van der Waals surface area contributed by atoms with Crippen LogP contribution in [0.15, 0.2) is 71.6 Å². The van der Waals surface area contributed by atoms with Gasteiger partial charge in [-0.05, 0) is 49.4 Å². The van der Waals surface area contributed by atoms with Gasteiger partial charge in [0, 0.05) is 40.0 Å². The zero-order valence-corrected chi connectivity index (χ0v) is 19.0. The molecule has 2 amide bonds. The minimum Gasteiger partial charge on any atom is -0.486 e. The zero-order chi connectivity index (χ0) is 24.1. The van der Waals surface area contributed by atoms with Crippen molar-refractivity contribution in [1.29, 1.82) is 0 Å². The first kappa shape index (κ1) is 23.1. The van der Waals surface area contributed by atoms with E-state index in [2.05, 4.69) is 10.6 Å². The van der Waals surface area contributed by atoms with Gasteiger partial charge in [0.15, 0.2) is 11.5 Å². The van der Waals surface area contributed by atoms with E-state index in [4.69, 9.17) is 9.47 Å². The molecule has 0 bridgehead atoms. The molecule has 0 radical (unpaired) electrons. The molecule has 4 rings (SSSR count). The van der Waals surface area contributed by atoms with Crippen LogP contribution in [0, 0.1) is 10.1 Å². The summed E-state index contributed by atoms with van der Waals surface area (Å²) in [7, 11) is 0. The number of anilines is 2. The lowest BCUT2D eigenvalue weighted by Gasteiger charge is -2.19. The third kappa shape index (κ3) is 5.65. The number of nitro benzene ring substituents is 1. The van der Waals surface area contributed by atoms with Gasteiger partial charge in [-0.25, -0.2) is 0 Å². The average Bonchev–Trinajstić information content (AvgIpc) is 2.85. The molecule has 2 N–H and O–H groups in total. The van der Waals surface area contributed by atoms with Gasteiger partial charge in [0.1, 0.15) is 13.2 Å². The fourth-order valence-electron chi connectivity index (χ4n) is 3.20. The lowest BCUT2D eigenvalue weighted by atomic mass is 10.2. The molecule has 0 spiro atoms. The number of hydrogen-bond donors (Lipinski definition) is 2. The average molecular weight is 480 g/mol. The molecule has 9 nitrogen and oxygen atoms in total. The Labute approximate surface area is 199 Å². The van der Waals surface area contributed by atoms with Crippen molar-refractivity contribution in [2.24, 2.45) is 0 Å². The molecule has 174 valence electrons. The van der Waals surface area contributed by atoms with Crippen LogP contribution in [0.4, 0.5) is 17.1 Å². The molecule has 1 aliphatic heterocycles. The molecule has 10 heteroatoms. The molecule has 3 aromatic carbocycles. The Morgan fingerprint density at radius 2 is 1.65 bits per heavy atom. The smallest absolute Gasteiger partial charge is 0.270 e. The van der Waals surface area contributed by atoms with Gasteiger partial charge in [-0.1, -0.05) is 6.07 Å². The van der Waals surface area contributed by atoms with E-state index in [1.54, 1.807) is 49.4 Å². The van der Waals surface area contributed by atoms with Crippen LogP contribution in [0.1, 0.15) is 17.3 Å². The molecular formula is C24H21N3O6S. The molecule has 1 aliphatic rings. The molecule has 0 aliphatic carbocycles. The van der Waals surface area contributed by atoms with Crippen LogP contribution in [0.3, 0.4) is 0 Å². The zero-order valence-electron chi connectivity index (χ0n) is 18.1. The van der Waals surface area contributed by atoms with E-state index < -0.39 is 10.8 Å². The summed E-state index contributed by atoms with van der Waals surface area (Å²) in [4.78, 5) is 36.2. The van der Waals surface area contributed by atoms with Gasteiger partial charge < -0.3 is 20.1 Å². The van der Waals surface area contributed by atoms with E-state index in [9.17, 15) is 19.7 Å². The minimum atomic E-state index is -0.548. The molecule has 1 unspecified atom stereocenters. The molecule has 0 saturated carbocycles. The summed E-state index contributed by atoms with van der Waals surface area (Å²) in [5.41, 5.74) is 1.20. The molecule has 0 fully saturated rings. The number of nitrogens with one attached hydrogen (secondary N) is 2. The van der Waals surface area contributed by atoms with Crippen LogP contribution in [0.25, 0.3) is 0 Å². The molecule has 3 aromatic rings. The summed E-state index contributed by atoms with van der Waals surface area (Å²) in [5.74, 6) is 0.650. The number of carbonyl (C=O) groups is 2. The van der Waals surface area contributed by atoms with Crippen LogP contribution >= 0.6 is 11.8 Å². The predicted octanol–water partition coefficient (Wildman–Crippen LogP) is 4.74. The predicted molar refractivity (Wildman–Crippen MR) is 129 cm³/mol. The fourth-order valence-corrected chi connectivity index (χ4v) is 4.07. The summed E-state index contributed by atoms with van der Waals surface area (Å²) >= 11 is 1.37. The number of nitrogens with zero attached hydrogens (tertiary/aromatic N) is 1. The van der Waals surface area contributed by atoms with E-state index in [1.165, 1.54) is 36.0 Å². The van der Waals surface area contributed by atoms with Crippen molar-refractivity contribution >= 4 is 40.6 Å². The van der Waals surface area contributed by atoms with Crippen LogP contribution in [0.5, 0.6) is 11.5 Å². The summed E-state index contributed by atoms with van der Waals surface area (Å²) in [6, 6.07) is 17.8. The second kappa shape index (κ2) is 10.3. The van der Waals surface area contributed by atoms with Crippen LogP contribution in [-0.2, 0) is 4.79 Å². The second-order valence-corrected chi connectivity index (χ2v) is 8.81. The highest BCUT2D eigenvalue weighted by Crippen LogP contribution is 2.33. The summed E-state index contributed by atoms with van der Waals surface area (Å²) in [6.45, 7) is 2.78. The number of benzene rings is 3. The quantitative estimate of drug-likeness (QED) is 0.285. The van der Waals surface area contributed by atoms with E-state index in [1.807, 2.05) is 0 Å². The molecule has 1 atom stereocenters. The molecule has 1 heterocycles. The van der Waals surface area contributed by atoms with E-state index >= 15 is 0 Å². The van der Waals surface area contributed by atoms with E-state index in [-0.39, 0.29) is 22.4 Å². The van der Waals surface area contributed by atoms with Crippen molar-refractivity contribution in [3.05, 3.63) is 82.4 Å². The Morgan fingerprint density at radius 3 is 2.38 bits per heavy atom. The number of non-ortho nitro benzene ring substituents is 1. The fraction of sp³-hybridized carbons (Fsp3) is 0.167. The van der Waals surface area contributed by atoms with Gasteiger partial charge in [-0.3, -0.25) is 19.7 Å². The first-order valence-electron chi connectivity index (χ1n) is 10.4. The second-order valence-electron chi connectivity index (χ2n) is 7.39. The number of thioether (sulfide) groups is 1. The third-order valence-corrected chi connectivity index (χ3v) is 6.04. The topological polar surface area (TPSA) is 120 Å². The van der Waals surface area contributed by atoms with E-state index in [0.29, 0.717) is 36.1 Å². The van der Waals surface area contributed by atoms with Gasteiger partial charge in [-0.2, -0.15) is 0 Å². The van der Waals surface area contributed by atoms with Crippen molar-refractivity contribution in [2.75, 3.05) is 23.8 Å². The molecular weight excluding hydrogens is 458 g/mol. The number of fused-ring (bicyclic) bond motifs is 1. The number of rotatable bonds is 7. The number of nitro groups is 1. The first-order chi connectivity index (χ1) is 16.4. The van der Waals surface area contributed by atoms with Gasteiger partial charge >= 0.3 is 0 Å². The largest absolute Gasteiger partial charge is 0.486 e. The minimum absolute atomic E-state index is 0.150. The first-order valence-corrected chi connectivity index (χ1v) is 11.3. The van der Waals surface area contributed by atoms with Crippen LogP contribution < -0.4 is 20.1 Å². The maximum Gasteiger partial charge on any atom is 0.270 e. The molecule has 0 saturated heterocycles. The lowest BCUT2D eigenvalue weighted by Crippen LogP contribution is -2.22. The van der Waals surface area contributed by atoms with Crippen molar-refractivity contribution in [3.8, 4) is 11.5 Å². The third-order valence-electron chi connectivity index (χ3n) is 4.92. The van der Waals surface area contributed by atoms with Gasteiger partial charge in [-0.15, -0.1) is 11.8 Å². The highest BCUT2D eigenvalue weighted by molar-refractivity contribution is 8.00. The summed E-state index contributed by atoms with van der Waals surface area (Å²) < 4.78 is 11.0. The Morgan fingerprint density at radius 1 is 0.941 bits per heavy atom.